The third-order valence-corrected chi connectivity index (χ3v) is 1.99. The molecule has 0 bridgehead atoms. The molecule has 0 saturated carbocycles. The van der Waals surface area contributed by atoms with Crippen molar-refractivity contribution in [1.29, 1.82) is 0 Å². The van der Waals surface area contributed by atoms with Crippen molar-refractivity contribution >= 4 is 23.3 Å². The quantitative estimate of drug-likeness (QED) is 0.691. The molecule has 0 saturated heterocycles. The fourth-order valence-corrected chi connectivity index (χ4v) is 1.30. The fraction of sp³-hybridized carbons (Fsp3) is 0. The van der Waals surface area contributed by atoms with Gasteiger partial charge in [0.05, 0.1) is 17.4 Å². The minimum Gasteiger partial charge on any atom is -0.278 e. The van der Waals surface area contributed by atoms with E-state index >= 15 is 0 Å². The second-order valence-electron chi connectivity index (χ2n) is 2.74. The standard InChI is InChI=1S/C10H9N3/c1-7(11-2)8-4-3-5-10-9(8)6-12-13-10/h3-6H,1-2H2,(H,12,13). The highest BCUT2D eigenvalue weighted by atomic mass is 15.1. The number of rotatable bonds is 2. The van der Waals surface area contributed by atoms with Crippen LogP contribution in [-0.4, -0.2) is 16.9 Å². The van der Waals surface area contributed by atoms with Crippen molar-refractivity contribution in [2.24, 2.45) is 4.99 Å². The van der Waals surface area contributed by atoms with E-state index in [0.717, 1.165) is 16.5 Å². The van der Waals surface area contributed by atoms with Crippen LogP contribution in [0.2, 0.25) is 0 Å². The number of hydrogen-bond acceptors (Lipinski definition) is 2. The molecule has 0 aliphatic rings. The van der Waals surface area contributed by atoms with Gasteiger partial charge in [-0.15, -0.1) is 0 Å². The van der Waals surface area contributed by atoms with Crippen LogP contribution >= 0.6 is 0 Å². The van der Waals surface area contributed by atoms with Gasteiger partial charge in [-0.05, 0) is 12.8 Å². The number of aromatic nitrogens is 2. The maximum Gasteiger partial charge on any atom is 0.0657 e. The van der Waals surface area contributed by atoms with Crippen molar-refractivity contribution in [2.45, 2.75) is 0 Å². The lowest BCUT2D eigenvalue weighted by molar-refractivity contribution is 1.12. The molecular formula is C10H9N3. The first-order valence-corrected chi connectivity index (χ1v) is 3.91. The van der Waals surface area contributed by atoms with Gasteiger partial charge in [-0.1, -0.05) is 18.7 Å². The van der Waals surface area contributed by atoms with Crippen LogP contribution in [0.1, 0.15) is 5.56 Å². The summed E-state index contributed by atoms with van der Waals surface area (Å²) in [4.78, 5) is 3.80. The maximum absolute atomic E-state index is 3.95. The van der Waals surface area contributed by atoms with E-state index < -0.39 is 0 Å². The molecule has 1 aromatic carbocycles. The number of H-pyrrole nitrogens is 1. The third kappa shape index (κ3) is 1.14. The van der Waals surface area contributed by atoms with Crippen LogP contribution in [-0.2, 0) is 0 Å². The summed E-state index contributed by atoms with van der Waals surface area (Å²) in [7, 11) is 0. The maximum atomic E-state index is 3.95. The SMILES string of the molecule is C=NC(=C)c1cccc2[nH]ncc12. The lowest BCUT2D eigenvalue weighted by Crippen LogP contribution is -1.79. The Morgan fingerprint density at radius 1 is 1.46 bits per heavy atom. The zero-order valence-corrected chi connectivity index (χ0v) is 7.12. The summed E-state index contributed by atoms with van der Waals surface area (Å²) in [6.07, 6.45) is 1.76. The van der Waals surface area contributed by atoms with E-state index in [1.807, 2.05) is 18.2 Å². The molecule has 0 radical (unpaired) electrons. The molecule has 1 N–H and O–H groups in total. The highest BCUT2D eigenvalue weighted by Crippen LogP contribution is 2.22. The number of nitrogens with zero attached hydrogens (tertiary/aromatic N) is 2. The number of aliphatic imine (C=N–C) groups is 1. The number of hydrogen-bond donors (Lipinski definition) is 1. The second kappa shape index (κ2) is 2.86. The predicted molar refractivity (Wildman–Crippen MR) is 54.7 cm³/mol. The first kappa shape index (κ1) is 7.73. The van der Waals surface area contributed by atoms with Crippen molar-refractivity contribution in [2.75, 3.05) is 0 Å². The Hall–Kier alpha value is -1.90. The number of fused-ring (bicyclic) bond motifs is 1. The largest absolute Gasteiger partial charge is 0.278 e. The van der Waals surface area contributed by atoms with Gasteiger partial charge in [0.1, 0.15) is 0 Å². The van der Waals surface area contributed by atoms with Gasteiger partial charge in [0.25, 0.3) is 0 Å². The van der Waals surface area contributed by atoms with Crippen LogP contribution in [0.15, 0.2) is 36.0 Å². The molecule has 0 unspecified atom stereocenters. The van der Waals surface area contributed by atoms with E-state index in [1.165, 1.54) is 0 Å². The molecule has 1 heterocycles. The van der Waals surface area contributed by atoms with E-state index in [0.29, 0.717) is 5.70 Å². The van der Waals surface area contributed by atoms with Crippen LogP contribution in [0, 0.1) is 0 Å². The Balaban J connectivity index is 2.74. The van der Waals surface area contributed by atoms with Crippen LogP contribution in [0.5, 0.6) is 0 Å². The molecule has 3 nitrogen and oxygen atoms in total. The Bertz CT molecular complexity index is 468. The summed E-state index contributed by atoms with van der Waals surface area (Å²) >= 11 is 0. The minimum atomic E-state index is 0.673. The van der Waals surface area contributed by atoms with E-state index in [4.69, 9.17) is 0 Å². The highest BCUT2D eigenvalue weighted by Gasteiger charge is 2.03. The lowest BCUT2D eigenvalue weighted by Gasteiger charge is -1.99. The zero-order valence-electron chi connectivity index (χ0n) is 7.12. The van der Waals surface area contributed by atoms with Crippen LogP contribution in [0.25, 0.3) is 16.6 Å². The Morgan fingerprint density at radius 3 is 3.08 bits per heavy atom. The minimum absolute atomic E-state index is 0.673. The zero-order chi connectivity index (χ0) is 9.26. The van der Waals surface area contributed by atoms with Gasteiger partial charge in [0, 0.05) is 10.9 Å². The monoisotopic (exact) mass is 171 g/mol. The van der Waals surface area contributed by atoms with Crippen molar-refractivity contribution in [3.63, 3.8) is 0 Å². The summed E-state index contributed by atoms with van der Waals surface area (Å²) in [6, 6.07) is 5.85. The molecule has 0 spiro atoms. The summed E-state index contributed by atoms with van der Waals surface area (Å²) in [5.41, 5.74) is 2.63. The van der Waals surface area contributed by atoms with Crippen molar-refractivity contribution in [3.8, 4) is 0 Å². The molecule has 2 rings (SSSR count). The molecule has 13 heavy (non-hydrogen) atoms. The number of benzene rings is 1. The molecule has 0 atom stereocenters. The molecule has 0 aliphatic heterocycles. The summed E-state index contributed by atoms with van der Waals surface area (Å²) < 4.78 is 0. The molecule has 3 heteroatoms. The van der Waals surface area contributed by atoms with Gasteiger partial charge in [-0.2, -0.15) is 5.10 Å². The first-order valence-electron chi connectivity index (χ1n) is 3.91. The van der Waals surface area contributed by atoms with Crippen molar-refractivity contribution in [3.05, 3.63) is 36.5 Å². The topological polar surface area (TPSA) is 41.0 Å². The van der Waals surface area contributed by atoms with Crippen LogP contribution in [0.4, 0.5) is 0 Å². The van der Waals surface area contributed by atoms with Crippen LogP contribution < -0.4 is 0 Å². The van der Waals surface area contributed by atoms with Crippen LogP contribution in [0.3, 0.4) is 0 Å². The molecular weight excluding hydrogens is 162 g/mol. The van der Waals surface area contributed by atoms with Gasteiger partial charge in [-0.25, -0.2) is 0 Å². The second-order valence-corrected chi connectivity index (χ2v) is 2.74. The highest BCUT2D eigenvalue weighted by molar-refractivity contribution is 5.91. The number of aromatic amines is 1. The van der Waals surface area contributed by atoms with Gasteiger partial charge >= 0.3 is 0 Å². The average molecular weight is 171 g/mol. The third-order valence-electron chi connectivity index (χ3n) is 1.99. The normalized spacial score (nSPS) is 10.2. The van der Waals surface area contributed by atoms with E-state index in [2.05, 4.69) is 28.5 Å². The molecule has 0 aliphatic carbocycles. The molecule has 0 amide bonds. The number of nitrogens with one attached hydrogen (secondary N) is 1. The molecule has 0 fully saturated rings. The van der Waals surface area contributed by atoms with E-state index in [9.17, 15) is 0 Å². The van der Waals surface area contributed by atoms with E-state index in [-0.39, 0.29) is 0 Å². The molecule has 1 aromatic heterocycles. The predicted octanol–water partition coefficient (Wildman–Crippen LogP) is 2.23. The van der Waals surface area contributed by atoms with Crippen molar-refractivity contribution in [1.82, 2.24) is 10.2 Å². The Labute approximate surface area is 75.8 Å². The molecule has 64 valence electrons. The van der Waals surface area contributed by atoms with E-state index in [1.54, 1.807) is 6.20 Å². The summed E-state index contributed by atoms with van der Waals surface area (Å²) in [5.74, 6) is 0. The Morgan fingerprint density at radius 2 is 2.31 bits per heavy atom. The van der Waals surface area contributed by atoms with Gasteiger partial charge in [-0.3, -0.25) is 10.1 Å². The van der Waals surface area contributed by atoms with Gasteiger partial charge in [0.15, 0.2) is 0 Å². The summed E-state index contributed by atoms with van der Waals surface area (Å²) in [6.45, 7) is 7.25. The van der Waals surface area contributed by atoms with Gasteiger partial charge in [0.2, 0.25) is 0 Å². The van der Waals surface area contributed by atoms with Gasteiger partial charge < -0.3 is 0 Å². The van der Waals surface area contributed by atoms with Crippen molar-refractivity contribution < 1.29 is 0 Å². The first-order chi connectivity index (χ1) is 6.33. The summed E-state index contributed by atoms with van der Waals surface area (Å²) in [5, 5.41) is 7.86. The molecule has 2 aromatic rings. The smallest absolute Gasteiger partial charge is 0.0657 e. The lowest BCUT2D eigenvalue weighted by atomic mass is 10.1. The average Bonchev–Trinajstić information content (AvgIpc) is 2.63. The Kier molecular flexibility index (Phi) is 1.70. The fourth-order valence-electron chi connectivity index (χ4n) is 1.30.